The van der Waals surface area contributed by atoms with Crippen molar-refractivity contribution in [1.82, 2.24) is 4.90 Å². The van der Waals surface area contributed by atoms with Crippen LogP contribution < -0.4 is 10.6 Å². The molecule has 1 heterocycles. The van der Waals surface area contributed by atoms with Crippen LogP contribution in [0.1, 0.15) is 33.1 Å². The van der Waals surface area contributed by atoms with E-state index in [0.29, 0.717) is 29.4 Å². The normalized spacial score (nSPS) is 15.1. The van der Waals surface area contributed by atoms with Crippen molar-refractivity contribution in [2.24, 2.45) is 0 Å². The van der Waals surface area contributed by atoms with E-state index in [9.17, 15) is 9.59 Å². The molecule has 1 aliphatic heterocycles. The van der Waals surface area contributed by atoms with E-state index >= 15 is 0 Å². The van der Waals surface area contributed by atoms with Crippen molar-refractivity contribution in [3.63, 3.8) is 0 Å². The molecule has 1 fully saturated rings. The fourth-order valence-corrected chi connectivity index (χ4v) is 2.68. The monoisotopic (exact) mass is 323 g/mol. The van der Waals surface area contributed by atoms with Crippen molar-refractivity contribution in [1.29, 1.82) is 0 Å². The summed E-state index contributed by atoms with van der Waals surface area (Å²) in [5, 5.41) is 6.63. The number of benzene rings is 1. The van der Waals surface area contributed by atoms with E-state index in [1.165, 1.54) is 0 Å². The van der Waals surface area contributed by atoms with Crippen molar-refractivity contribution in [3.8, 4) is 0 Å². The van der Waals surface area contributed by atoms with Crippen LogP contribution in [0.15, 0.2) is 18.2 Å². The predicted molar refractivity (Wildman–Crippen MR) is 89.3 cm³/mol. The smallest absolute Gasteiger partial charge is 0.244 e. The van der Waals surface area contributed by atoms with Gasteiger partial charge >= 0.3 is 0 Å². The van der Waals surface area contributed by atoms with Crippen LogP contribution in [0.5, 0.6) is 0 Å². The molecule has 5 nitrogen and oxygen atoms in total. The molecule has 0 aromatic heterocycles. The molecular formula is C16H22ClN3O2. The van der Waals surface area contributed by atoms with E-state index in [4.69, 9.17) is 11.6 Å². The summed E-state index contributed by atoms with van der Waals surface area (Å²) in [4.78, 5) is 25.6. The van der Waals surface area contributed by atoms with Crippen molar-refractivity contribution < 1.29 is 9.59 Å². The molecule has 0 radical (unpaired) electrons. The summed E-state index contributed by atoms with van der Waals surface area (Å²) in [5.41, 5.74) is 1.34. The van der Waals surface area contributed by atoms with Gasteiger partial charge in [0.25, 0.3) is 0 Å². The number of para-hydroxylation sites is 1. The molecule has 1 aromatic rings. The molecule has 0 bridgehead atoms. The second-order valence-electron chi connectivity index (χ2n) is 5.78. The topological polar surface area (TPSA) is 61.4 Å². The Bertz CT molecular complexity index is 560. The third-order valence-electron chi connectivity index (χ3n) is 3.48. The van der Waals surface area contributed by atoms with Gasteiger partial charge in [-0.05, 0) is 38.8 Å². The second-order valence-corrected chi connectivity index (χ2v) is 6.19. The second kappa shape index (κ2) is 7.49. The highest BCUT2D eigenvalue weighted by Crippen LogP contribution is 2.30. The van der Waals surface area contributed by atoms with Gasteiger partial charge in [-0.2, -0.15) is 0 Å². The minimum Gasteiger partial charge on any atom is -0.380 e. The van der Waals surface area contributed by atoms with Crippen LogP contribution >= 0.6 is 11.6 Å². The predicted octanol–water partition coefficient (Wildman–Crippen LogP) is 3.11. The Morgan fingerprint density at radius 3 is 2.82 bits per heavy atom. The van der Waals surface area contributed by atoms with Crippen molar-refractivity contribution in [3.05, 3.63) is 23.2 Å². The Morgan fingerprint density at radius 1 is 1.36 bits per heavy atom. The van der Waals surface area contributed by atoms with Gasteiger partial charge in [0, 0.05) is 19.0 Å². The summed E-state index contributed by atoms with van der Waals surface area (Å²) in [6.07, 6.45) is 2.40. The Labute approximate surface area is 136 Å². The van der Waals surface area contributed by atoms with E-state index < -0.39 is 0 Å². The summed E-state index contributed by atoms with van der Waals surface area (Å²) in [7, 11) is 0. The standard InChI is InChI=1S/C16H22ClN3O2/c1-11(2)18-16-12(17)6-5-7-13(16)19-14(21)10-20-9-4-3-8-15(20)22/h5-7,11,18H,3-4,8-10H2,1-2H3,(H,19,21). The molecule has 6 heteroatoms. The van der Waals surface area contributed by atoms with Crippen molar-refractivity contribution in [2.45, 2.75) is 39.2 Å². The zero-order valence-electron chi connectivity index (χ0n) is 13.0. The molecule has 0 saturated carbocycles. The van der Waals surface area contributed by atoms with E-state index in [2.05, 4.69) is 10.6 Å². The van der Waals surface area contributed by atoms with Gasteiger partial charge in [-0.15, -0.1) is 0 Å². The number of hydrogen-bond acceptors (Lipinski definition) is 3. The average Bonchev–Trinajstić information content (AvgIpc) is 2.45. The molecule has 2 rings (SSSR count). The van der Waals surface area contributed by atoms with Crippen LogP contribution in [-0.4, -0.2) is 35.8 Å². The third-order valence-corrected chi connectivity index (χ3v) is 3.79. The Kier molecular flexibility index (Phi) is 5.66. The summed E-state index contributed by atoms with van der Waals surface area (Å²) >= 11 is 6.19. The van der Waals surface area contributed by atoms with Crippen molar-refractivity contribution >= 4 is 34.8 Å². The first-order chi connectivity index (χ1) is 10.5. The first-order valence-corrected chi connectivity index (χ1v) is 7.98. The summed E-state index contributed by atoms with van der Waals surface area (Å²) in [6, 6.07) is 5.55. The number of piperidine rings is 1. The summed E-state index contributed by atoms with van der Waals surface area (Å²) in [5.74, 6) is -0.155. The molecule has 1 aromatic carbocycles. The van der Waals surface area contributed by atoms with Gasteiger partial charge in [-0.1, -0.05) is 17.7 Å². The Hall–Kier alpha value is -1.75. The highest BCUT2D eigenvalue weighted by molar-refractivity contribution is 6.34. The van der Waals surface area contributed by atoms with Crippen LogP contribution in [-0.2, 0) is 9.59 Å². The van der Waals surface area contributed by atoms with Gasteiger partial charge in [0.05, 0.1) is 22.9 Å². The maximum Gasteiger partial charge on any atom is 0.244 e. The van der Waals surface area contributed by atoms with Gasteiger partial charge in [-0.25, -0.2) is 0 Å². The number of hydrogen-bond donors (Lipinski definition) is 2. The lowest BCUT2D eigenvalue weighted by atomic mass is 10.1. The van der Waals surface area contributed by atoms with Gasteiger partial charge < -0.3 is 15.5 Å². The summed E-state index contributed by atoms with van der Waals surface area (Å²) in [6.45, 7) is 4.74. The van der Waals surface area contributed by atoms with Crippen molar-refractivity contribution in [2.75, 3.05) is 23.7 Å². The number of likely N-dealkylation sites (tertiary alicyclic amines) is 1. The quantitative estimate of drug-likeness (QED) is 0.875. The zero-order valence-corrected chi connectivity index (χ0v) is 13.7. The molecule has 0 atom stereocenters. The first-order valence-electron chi connectivity index (χ1n) is 7.60. The van der Waals surface area contributed by atoms with E-state index in [0.717, 1.165) is 12.8 Å². The van der Waals surface area contributed by atoms with Crippen LogP contribution in [0.4, 0.5) is 11.4 Å². The van der Waals surface area contributed by atoms with E-state index in [1.54, 1.807) is 23.1 Å². The van der Waals surface area contributed by atoms with Crippen LogP contribution in [0.2, 0.25) is 5.02 Å². The minimum absolute atomic E-state index is 0.0491. The lowest BCUT2D eigenvalue weighted by Crippen LogP contribution is -2.40. The molecule has 1 saturated heterocycles. The fourth-order valence-electron chi connectivity index (χ4n) is 2.46. The van der Waals surface area contributed by atoms with Crippen LogP contribution in [0, 0.1) is 0 Å². The first kappa shape index (κ1) is 16.6. The van der Waals surface area contributed by atoms with Gasteiger partial charge in [0.15, 0.2) is 0 Å². The molecule has 0 aliphatic carbocycles. The van der Waals surface area contributed by atoms with E-state index in [-0.39, 0.29) is 24.4 Å². The molecule has 1 aliphatic rings. The maximum absolute atomic E-state index is 12.2. The van der Waals surface area contributed by atoms with Gasteiger partial charge in [0.2, 0.25) is 11.8 Å². The van der Waals surface area contributed by atoms with E-state index in [1.807, 2.05) is 13.8 Å². The van der Waals surface area contributed by atoms with Gasteiger partial charge in [0.1, 0.15) is 0 Å². The number of anilines is 2. The molecular weight excluding hydrogens is 302 g/mol. The highest BCUT2D eigenvalue weighted by atomic mass is 35.5. The maximum atomic E-state index is 12.2. The molecule has 120 valence electrons. The molecule has 0 unspecified atom stereocenters. The average molecular weight is 324 g/mol. The fraction of sp³-hybridized carbons (Fsp3) is 0.500. The highest BCUT2D eigenvalue weighted by Gasteiger charge is 2.21. The molecule has 0 spiro atoms. The molecule has 2 amide bonds. The molecule has 22 heavy (non-hydrogen) atoms. The molecule has 2 N–H and O–H groups in total. The summed E-state index contributed by atoms with van der Waals surface area (Å²) < 4.78 is 0. The number of carbonyl (C=O) groups excluding carboxylic acids is 2. The Balaban J connectivity index is 2.05. The Morgan fingerprint density at radius 2 is 2.14 bits per heavy atom. The number of nitrogens with one attached hydrogen (secondary N) is 2. The number of carbonyl (C=O) groups is 2. The van der Waals surface area contributed by atoms with Crippen LogP contribution in [0.25, 0.3) is 0 Å². The van der Waals surface area contributed by atoms with Gasteiger partial charge in [-0.3, -0.25) is 9.59 Å². The largest absolute Gasteiger partial charge is 0.380 e. The number of nitrogens with zero attached hydrogens (tertiary/aromatic N) is 1. The zero-order chi connectivity index (χ0) is 16.1. The lowest BCUT2D eigenvalue weighted by molar-refractivity contribution is -0.136. The SMILES string of the molecule is CC(C)Nc1c(Cl)cccc1NC(=O)CN1CCCCC1=O. The third kappa shape index (κ3) is 4.37. The minimum atomic E-state index is -0.204. The number of rotatable bonds is 5. The number of amides is 2. The van der Waals surface area contributed by atoms with Crippen LogP contribution in [0.3, 0.4) is 0 Å². The number of halogens is 1. The lowest BCUT2D eigenvalue weighted by Gasteiger charge is -2.26.